The van der Waals surface area contributed by atoms with Crippen LogP contribution in [0.3, 0.4) is 0 Å². The minimum atomic E-state index is 0.270. The van der Waals surface area contributed by atoms with Crippen molar-refractivity contribution in [3.63, 3.8) is 0 Å². The molecule has 0 spiro atoms. The fourth-order valence-corrected chi connectivity index (χ4v) is 2.42. The molecule has 1 N–H and O–H groups in total. The van der Waals surface area contributed by atoms with Gasteiger partial charge in [-0.2, -0.15) is 0 Å². The van der Waals surface area contributed by atoms with E-state index in [1.165, 1.54) is 0 Å². The molecule has 1 aromatic heterocycles. The zero-order valence-electron chi connectivity index (χ0n) is 11.4. The molecule has 0 bridgehead atoms. The van der Waals surface area contributed by atoms with E-state index < -0.39 is 0 Å². The van der Waals surface area contributed by atoms with Crippen molar-refractivity contribution >= 4 is 21.9 Å². The highest BCUT2D eigenvalue weighted by Crippen LogP contribution is 2.36. The van der Waals surface area contributed by atoms with Gasteiger partial charge >= 0.3 is 0 Å². The molecule has 2 heteroatoms. The number of rotatable bonds is 3. The van der Waals surface area contributed by atoms with Crippen LogP contribution in [0.4, 0.5) is 0 Å². The third kappa shape index (κ3) is 1.90. The normalized spacial score (nSPS) is 11.1. The van der Waals surface area contributed by atoms with Crippen LogP contribution in [0.25, 0.3) is 21.9 Å². The Hall–Kier alpha value is -2.48. The van der Waals surface area contributed by atoms with E-state index in [0.717, 1.165) is 38.6 Å². The summed E-state index contributed by atoms with van der Waals surface area (Å²) >= 11 is 0. The third-order valence-electron chi connectivity index (χ3n) is 3.62. The second-order valence-corrected chi connectivity index (χ2v) is 5.10. The van der Waals surface area contributed by atoms with Crippen molar-refractivity contribution in [1.29, 1.82) is 0 Å². The van der Waals surface area contributed by atoms with Gasteiger partial charge in [0.15, 0.2) is 0 Å². The Kier molecular flexibility index (Phi) is 2.87. The van der Waals surface area contributed by atoms with Gasteiger partial charge in [-0.25, -0.2) is 0 Å². The van der Waals surface area contributed by atoms with Crippen LogP contribution in [0.5, 0.6) is 5.75 Å². The lowest BCUT2D eigenvalue weighted by Crippen LogP contribution is -1.92. The molecule has 0 aliphatic heterocycles. The molecular formula is C18H16O2. The average Bonchev–Trinajstić information content (AvgIpc) is 2.80. The van der Waals surface area contributed by atoms with Gasteiger partial charge in [0.05, 0.1) is 0 Å². The van der Waals surface area contributed by atoms with Crippen LogP contribution in [0.1, 0.15) is 12.5 Å². The molecule has 2 aromatic carbocycles. The first-order chi connectivity index (χ1) is 9.58. The molecule has 0 radical (unpaired) electrons. The van der Waals surface area contributed by atoms with E-state index in [-0.39, 0.29) is 5.75 Å². The summed E-state index contributed by atoms with van der Waals surface area (Å²) in [7, 11) is 0. The molecule has 100 valence electrons. The van der Waals surface area contributed by atoms with Gasteiger partial charge in [-0.05, 0) is 30.7 Å². The zero-order valence-corrected chi connectivity index (χ0v) is 11.4. The molecule has 0 atom stereocenters. The Balaban J connectivity index is 2.31. The van der Waals surface area contributed by atoms with E-state index in [4.69, 9.17) is 4.42 Å². The number of phenolic OH excluding ortho intramolecular Hbond substituents is 1. The molecule has 0 unspecified atom stereocenters. The number of aromatic hydroxyl groups is 1. The first-order valence-electron chi connectivity index (χ1n) is 6.53. The van der Waals surface area contributed by atoms with Crippen molar-refractivity contribution < 1.29 is 9.52 Å². The predicted molar refractivity (Wildman–Crippen MR) is 83.0 cm³/mol. The number of para-hydroxylation sites is 1. The van der Waals surface area contributed by atoms with Crippen molar-refractivity contribution in [1.82, 2.24) is 0 Å². The Morgan fingerprint density at radius 1 is 1.10 bits per heavy atom. The van der Waals surface area contributed by atoms with Crippen LogP contribution in [-0.2, 0) is 6.42 Å². The maximum atomic E-state index is 10.2. The SMILES string of the molecule is C=C(C)C(=C)Cc1c(O)ccc2oc3ccccc3c12. The number of hydrogen-bond acceptors (Lipinski definition) is 2. The number of phenols is 1. The standard InChI is InChI=1S/C18H16O2/c1-11(2)12(3)10-14-15(19)8-9-17-18(14)13-6-4-5-7-16(13)20-17/h4-9,19H,1,3,10H2,2H3. The van der Waals surface area contributed by atoms with Gasteiger partial charge in [0, 0.05) is 22.8 Å². The molecule has 2 nitrogen and oxygen atoms in total. The number of benzene rings is 2. The molecule has 0 aliphatic carbocycles. The zero-order chi connectivity index (χ0) is 14.3. The lowest BCUT2D eigenvalue weighted by Gasteiger charge is -2.08. The first-order valence-corrected chi connectivity index (χ1v) is 6.53. The Bertz CT molecular complexity index is 837. The smallest absolute Gasteiger partial charge is 0.135 e. The van der Waals surface area contributed by atoms with Crippen LogP contribution in [-0.4, -0.2) is 5.11 Å². The van der Waals surface area contributed by atoms with Crippen molar-refractivity contribution in [2.75, 3.05) is 0 Å². The highest BCUT2D eigenvalue weighted by atomic mass is 16.3. The Morgan fingerprint density at radius 3 is 2.60 bits per heavy atom. The van der Waals surface area contributed by atoms with Gasteiger partial charge in [0.25, 0.3) is 0 Å². The minimum Gasteiger partial charge on any atom is -0.508 e. The monoisotopic (exact) mass is 264 g/mol. The topological polar surface area (TPSA) is 33.4 Å². The number of allylic oxidation sites excluding steroid dienone is 2. The second kappa shape index (κ2) is 4.57. The Labute approximate surface area is 117 Å². The first kappa shape index (κ1) is 12.5. The summed E-state index contributed by atoms with van der Waals surface area (Å²) in [5.41, 5.74) is 4.30. The number of hydrogen-bond donors (Lipinski definition) is 1. The molecule has 3 rings (SSSR count). The maximum absolute atomic E-state index is 10.2. The molecular weight excluding hydrogens is 248 g/mol. The lowest BCUT2D eigenvalue weighted by molar-refractivity contribution is 0.470. The molecule has 0 aliphatic rings. The fraction of sp³-hybridized carbons (Fsp3) is 0.111. The van der Waals surface area contributed by atoms with Gasteiger partial charge in [0.2, 0.25) is 0 Å². The second-order valence-electron chi connectivity index (χ2n) is 5.10. The maximum Gasteiger partial charge on any atom is 0.135 e. The third-order valence-corrected chi connectivity index (χ3v) is 3.62. The molecule has 20 heavy (non-hydrogen) atoms. The van der Waals surface area contributed by atoms with E-state index in [1.54, 1.807) is 12.1 Å². The van der Waals surface area contributed by atoms with Gasteiger partial charge in [0.1, 0.15) is 16.9 Å². The summed E-state index contributed by atoms with van der Waals surface area (Å²) in [5, 5.41) is 12.2. The fourth-order valence-electron chi connectivity index (χ4n) is 2.42. The summed E-state index contributed by atoms with van der Waals surface area (Å²) in [6.45, 7) is 9.85. The van der Waals surface area contributed by atoms with Crippen molar-refractivity contribution in [2.24, 2.45) is 0 Å². The summed E-state index contributed by atoms with van der Waals surface area (Å²) in [6, 6.07) is 11.3. The van der Waals surface area contributed by atoms with Crippen molar-refractivity contribution in [3.05, 3.63) is 66.3 Å². The number of furan rings is 1. The lowest BCUT2D eigenvalue weighted by atomic mass is 9.96. The Morgan fingerprint density at radius 2 is 1.85 bits per heavy atom. The van der Waals surface area contributed by atoms with Crippen molar-refractivity contribution in [2.45, 2.75) is 13.3 Å². The summed E-state index contributed by atoms with van der Waals surface area (Å²) < 4.78 is 5.83. The quantitative estimate of drug-likeness (QED) is 0.678. The molecule has 3 aromatic rings. The van der Waals surface area contributed by atoms with Crippen LogP contribution in [0, 0.1) is 0 Å². The van der Waals surface area contributed by atoms with Gasteiger partial charge in [-0.3, -0.25) is 0 Å². The van der Waals surface area contributed by atoms with Gasteiger partial charge in [-0.15, -0.1) is 0 Å². The average molecular weight is 264 g/mol. The molecule has 0 amide bonds. The van der Waals surface area contributed by atoms with Crippen LogP contribution in [0.15, 0.2) is 65.1 Å². The highest BCUT2D eigenvalue weighted by molar-refractivity contribution is 6.07. The van der Waals surface area contributed by atoms with Crippen molar-refractivity contribution in [3.8, 4) is 5.75 Å². The summed E-state index contributed by atoms with van der Waals surface area (Å²) in [4.78, 5) is 0. The van der Waals surface area contributed by atoms with Crippen LogP contribution < -0.4 is 0 Å². The predicted octanol–water partition coefficient (Wildman–Crippen LogP) is 4.97. The molecule has 0 saturated carbocycles. The number of fused-ring (bicyclic) bond motifs is 3. The van der Waals surface area contributed by atoms with Gasteiger partial charge in [-0.1, -0.05) is 36.9 Å². The largest absolute Gasteiger partial charge is 0.508 e. The van der Waals surface area contributed by atoms with Crippen LogP contribution >= 0.6 is 0 Å². The van der Waals surface area contributed by atoms with E-state index in [1.807, 2.05) is 31.2 Å². The van der Waals surface area contributed by atoms with E-state index in [0.29, 0.717) is 6.42 Å². The summed E-state index contributed by atoms with van der Waals surface area (Å²) in [6.07, 6.45) is 0.571. The molecule has 0 saturated heterocycles. The molecule has 0 fully saturated rings. The van der Waals surface area contributed by atoms with E-state index in [9.17, 15) is 5.11 Å². The van der Waals surface area contributed by atoms with E-state index in [2.05, 4.69) is 13.2 Å². The van der Waals surface area contributed by atoms with Gasteiger partial charge < -0.3 is 9.52 Å². The highest BCUT2D eigenvalue weighted by Gasteiger charge is 2.15. The summed E-state index contributed by atoms with van der Waals surface area (Å²) in [5.74, 6) is 0.270. The molecule has 1 heterocycles. The minimum absolute atomic E-state index is 0.270. The van der Waals surface area contributed by atoms with Crippen LogP contribution in [0.2, 0.25) is 0 Å². The van der Waals surface area contributed by atoms with E-state index >= 15 is 0 Å².